The third-order valence-corrected chi connectivity index (χ3v) is 11.2. The molecule has 0 atom stereocenters. The highest BCUT2D eigenvalue weighted by Crippen LogP contribution is 2.51. The Kier molecular flexibility index (Phi) is 6.63. The second-order valence-corrected chi connectivity index (χ2v) is 14.5. The van der Waals surface area contributed by atoms with Crippen molar-refractivity contribution in [1.82, 2.24) is 0 Å². The van der Waals surface area contributed by atoms with Crippen LogP contribution < -0.4 is 0 Å². The summed E-state index contributed by atoms with van der Waals surface area (Å²) in [6.07, 6.45) is 0. The van der Waals surface area contributed by atoms with Gasteiger partial charge in [0.1, 0.15) is 0 Å². The summed E-state index contributed by atoms with van der Waals surface area (Å²) in [4.78, 5) is 0. The Balaban J connectivity index is 1.11. The van der Waals surface area contributed by atoms with Crippen LogP contribution in [0.25, 0.3) is 88.0 Å². The maximum absolute atomic E-state index is 2.44. The first kappa shape index (κ1) is 29.7. The Morgan fingerprint density at radius 1 is 0.294 bits per heavy atom. The minimum absolute atomic E-state index is 0.103. The largest absolute Gasteiger partial charge is 0.0622 e. The summed E-state index contributed by atoms with van der Waals surface area (Å²) in [5, 5.41) is 7.63. The lowest BCUT2D eigenvalue weighted by Gasteiger charge is -2.23. The van der Waals surface area contributed by atoms with Crippen LogP contribution in [0.3, 0.4) is 0 Å². The molecule has 0 amide bonds. The Morgan fingerprint density at radius 2 is 0.725 bits per heavy atom. The Labute approximate surface area is 299 Å². The average molecular weight is 649 g/mol. The summed E-state index contributed by atoms with van der Waals surface area (Å²) in [6, 6.07) is 67.4. The van der Waals surface area contributed by atoms with Gasteiger partial charge in [-0.05, 0) is 123 Å². The van der Waals surface area contributed by atoms with Gasteiger partial charge in [-0.1, -0.05) is 172 Å². The van der Waals surface area contributed by atoms with E-state index in [1.807, 2.05) is 0 Å². The van der Waals surface area contributed by atoms with Crippen LogP contribution in [0.4, 0.5) is 0 Å². The number of hydrogen-bond acceptors (Lipinski definition) is 0. The monoisotopic (exact) mass is 648 g/mol. The van der Waals surface area contributed by atoms with Crippen molar-refractivity contribution in [3.8, 4) is 55.6 Å². The van der Waals surface area contributed by atoms with Crippen LogP contribution in [-0.2, 0) is 5.41 Å². The molecule has 0 fully saturated rings. The van der Waals surface area contributed by atoms with Gasteiger partial charge in [-0.3, -0.25) is 0 Å². The van der Waals surface area contributed by atoms with Crippen molar-refractivity contribution in [2.45, 2.75) is 19.3 Å². The van der Waals surface area contributed by atoms with E-state index in [9.17, 15) is 0 Å². The molecule has 0 aliphatic heterocycles. The van der Waals surface area contributed by atoms with E-state index in [1.54, 1.807) is 0 Å². The van der Waals surface area contributed by atoms with Gasteiger partial charge in [-0.25, -0.2) is 0 Å². The number of hydrogen-bond donors (Lipinski definition) is 0. The molecule has 0 radical (unpaired) electrons. The van der Waals surface area contributed by atoms with E-state index >= 15 is 0 Å². The van der Waals surface area contributed by atoms with Gasteiger partial charge in [0.2, 0.25) is 0 Å². The smallest absolute Gasteiger partial charge is 0.0159 e. The second-order valence-electron chi connectivity index (χ2n) is 14.5. The highest BCUT2D eigenvalue weighted by Gasteiger charge is 2.36. The first-order valence-electron chi connectivity index (χ1n) is 17.9. The molecule has 0 heterocycles. The molecule has 1 aliphatic carbocycles. The quantitative estimate of drug-likeness (QED) is 0.167. The molecule has 0 aromatic heterocycles. The van der Waals surface area contributed by atoms with E-state index in [1.165, 1.54) is 99.1 Å². The fourth-order valence-corrected chi connectivity index (χ4v) is 8.68. The van der Waals surface area contributed by atoms with E-state index < -0.39 is 0 Å². The zero-order valence-electron chi connectivity index (χ0n) is 28.8. The fourth-order valence-electron chi connectivity index (χ4n) is 8.68. The molecule has 9 aromatic carbocycles. The molecule has 10 rings (SSSR count). The van der Waals surface area contributed by atoms with Crippen LogP contribution in [0.1, 0.15) is 25.0 Å². The van der Waals surface area contributed by atoms with Gasteiger partial charge in [-0.15, -0.1) is 0 Å². The van der Waals surface area contributed by atoms with E-state index in [0.717, 1.165) is 0 Å². The molecule has 0 N–H and O–H groups in total. The van der Waals surface area contributed by atoms with Crippen LogP contribution in [0.15, 0.2) is 182 Å². The normalized spacial score (nSPS) is 13.1. The second kappa shape index (κ2) is 11.4. The zero-order chi connectivity index (χ0) is 34.1. The molecule has 0 spiro atoms. The van der Waals surface area contributed by atoms with Gasteiger partial charge >= 0.3 is 0 Å². The van der Waals surface area contributed by atoms with Gasteiger partial charge < -0.3 is 0 Å². The summed E-state index contributed by atoms with van der Waals surface area (Å²) in [7, 11) is 0. The minimum atomic E-state index is -0.103. The topological polar surface area (TPSA) is 0 Å². The molecule has 0 heteroatoms. The summed E-state index contributed by atoms with van der Waals surface area (Å²) in [6.45, 7) is 4.75. The fraction of sp³-hybridized carbons (Fsp3) is 0.0588. The SMILES string of the molecule is CC1(C)c2cc(-c3ccccc3)ccc2-c2ccc(-c3cccc(-c4c5ccccc5c(-c5ccc6ccccc6c5)c5ccccc45)c3)cc21. The number of benzene rings is 9. The predicted octanol–water partition coefficient (Wildman–Crippen LogP) is 14.1. The highest BCUT2D eigenvalue weighted by atomic mass is 14.4. The summed E-state index contributed by atoms with van der Waals surface area (Å²) in [5.41, 5.74) is 15.5. The highest BCUT2D eigenvalue weighted by molar-refractivity contribution is 6.21. The van der Waals surface area contributed by atoms with Crippen molar-refractivity contribution >= 4 is 32.3 Å². The van der Waals surface area contributed by atoms with Crippen LogP contribution in [0, 0.1) is 0 Å². The summed E-state index contributed by atoms with van der Waals surface area (Å²) < 4.78 is 0. The van der Waals surface area contributed by atoms with Crippen LogP contribution in [0.5, 0.6) is 0 Å². The lowest BCUT2D eigenvalue weighted by atomic mass is 9.80. The van der Waals surface area contributed by atoms with Crippen LogP contribution in [0.2, 0.25) is 0 Å². The first-order chi connectivity index (χ1) is 25.0. The van der Waals surface area contributed by atoms with Crippen molar-refractivity contribution in [1.29, 1.82) is 0 Å². The third kappa shape index (κ3) is 4.68. The first-order valence-corrected chi connectivity index (χ1v) is 17.9. The Hall–Kier alpha value is -6.24. The summed E-state index contributed by atoms with van der Waals surface area (Å²) in [5.74, 6) is 0. The molecule has 0 unspecified atom stereocenters. The lowest BCUT2D eigenvalue weighted by Crippen LogP contribution is -2.15. The Bertz CT molecular complexity index is 2760. The molecule has 0 bridgehead atoms. The van der Waals surface area contributed by atoms with Crippen molar-refractivity contribution < 1.29 is 0 Å². The lowest BCUT2D eigenvalue weighted by molar-refractivity contribution is 0.661. The molecule has 51 heavy (non-hydrogen) atoms. The standard InChI is InChI=1S/C51H36/c1-51(2)47-31-37(33-13-4-3-5-14-33)25-27-41(47)42-28-26-38(32-48(42)51)36-17-12-18-39(30-36)49-43-19-8-10-21-45(43)50(46-22-11-9-20-44(46)49)40-24-23-34-15-6-7-16-35(34)29-40/h3-32H,1-2H3. The molecular formula is C51H36. The average Bonchev–Trinajstić information content (AvgIpc) is 3.41. The maximum Gasteiger partial charge on any atom is 0.0159 e. The Morgan fingerprint density at radius 3 is 1.33 bits per heavy atom. The van der Waals surface area contributed by atoms with Gasteiger partial charge in [0, 0.05) is 5.41 Å². The molecule has 240 valence electrons. The third-order valence-electron chi connectivity index (χ3n) is 11.2. The van der Waals surface area contributed by atoms with Gasteiger partial charge in [-0.2, -0.15) is 0 Å². The number of fused-ring (bicyclic) bond motifs is 6. The molecule has 0 nitrogen and oxygen atoms in total. The van der Waals surface area contributed by atoms with Crippen molar-refractivity contribution in [3.05, 3.63) is 193 Å². The van der Waals surface area contributed by atoms with Crippen molar-refractivity contribution in [2.24, 2.45) is 0 Å². The molecule has 1 aliphatic rings. The van der Waals surface area contributed by atoms with Crippen molar-refractivity contribution in [3.63, 3.8) is 0 Å². The maximum atomic E-state index is 2.44. The zero-order valence-corrected chi connectivity index (χ0v) is 28.8. The van der Waals surface area contributed by atoms with E-state index in [4.69, 9.17) is 0 Å². The van der Waals surface area contributed by atoms with E-state index in [2.05, 4.69) is 196 Å². The molecule has 0 saturated carbocycles. The minimum Gasteiger partial charge on any atom is -0.0622 e. The van der Waals surface area contributed by atoms with Gasteiger partial charge in [0.05, 0.1) is 0 Å². The number of rotatable bonds is 4. The molecular weight excluding hydrogens is 613 g/mol. The van der Waals surface area contributed by atoms with Crippen molar-refractivity contribution in [2.75, 3.05) is 0 Å². The van der Waals surface area contributed by atoms with Gasteiger partial charge in [0.25, 0.3) is 0 Å². The molecule has 0 saturated heterocycles. The van der Waals surface area contributed by atoms with E-state index in [0.29, 0.717) is 0 Å². The summed E-state index contributed by atoms with van der Waals surface area (Å²) >= 11 is 0. The van der Waals surface area contributed by atoms with Gasteiger partial charge in [0.15, 0.2) is 0 Å². The van der Waals surface area contributed by atoms with Crippen LogP contribution in [-0.4, -0.2) is 0 Å². The predicted molar refractivity (Wildman–Crippen MR) is 218 cm³/mol. The molecule has 9 aromatic rings. The van der Waals surface area contributed by atoms with Crippen LogP contribution >= 0.6 is 0 Å². The van der Waals surface area contributed by atoms with E-state index in [-0.39, 0.29) is 5.41 Å².